The van der Waals surface area contributed by atoms with Crippen molar-refractivity contribution in [3.63, 3.8) is 0 Å². The van der Waals surface area contributed by atoms with Crippen molar-refractivity contribution in [2.45, 2.75) is 13.8 Å². The first-order chi connectivity index (χ1) is 13.3. The molecule has 28 heavy (non-hydrogen) atoms. The molecule has 0 radical (unpaired) electrons. The van der Waals surface area contributed by atoms with Crippen LogP contribution in [0.1, 0.15) is 21.6 Å². The van der Waals surface area contributed by atoms with Gasteiger partial charge in [0.2, 0.25) is 0 Å². The quantitative estimate of drug-likeness (QED) is 0.562. The fourth-order valence-electron chi connectivity index (χ4n) is 2.78. The molecule has 8 heteroatoms. The number of carboxylic acids is 1. The van der Waals surface area contributed by atoms with Gasteiger partial charge in [-0.25, -0.2) is 4.98 Å². The second-order valence-electron chi connectivity index (χ2n) is 6.21. The van der Waals surface area contributed by atoms with E-state index in [1.807, 2.05) is 32.0 Å². The average Bonchev–Trinajstić information content (AvgIpc) is 2.65. The lowest BCUT2D eigenvalue weighted by Crippen LogP contribution is -2.30. The summed E-state index contributed by atoms with van der Waals surface area (Å²) in [7, 11) is 0. The number of ether oxygens (including phenoxy) is 1. The molecule has 0 saturated carbocycles. The Labute approximate surface area is 165 Å². The van der Waals surface area contributed by atoms with Crippen molar-refractivity contribution in [1.82, 2.24) is 10.3 Å². The summed E-state index contributed by atoms with van der Waals surface area (Å²) in [4.78, 5) is 26.6. The number of amides is 1. The smallest absolute Gasteiger partial charge is 0.322 e. The minimum absolute atomic E-state index is 0.0137. The molecule has 0 unspecified atom stereocenters. The Morgan fingerprint density at radius 2 is 1.82 bits per heavy atom. The molecule has 1 heterocycles. The maximum Gasteiger partial charge on any atom is 0.322 e. The summed E-state index contributed by atoms with van der Waals surface area (Å²) in [5, 5.41) is 21.9. The molecule has 2 aromatic carbocycles. The highest BCUT2D eigenvalue weighted by Crippen LogP contribution is 2.36. The average molecular weight is 401 g/mol. The second-order valence-corrected chi connectivity index (χ2v) is 6.56. The fourth-order valence-corrected chi connectivity index (χ4v) is 3.02. The summed E-state index contributed by atoms with van der Waals surface area (Å²) < 4.78 is 5.97. The predicted molar refractivity (Wildman–Crippen MR) is 104 cm³/mol. The van der Waals surface area contributed by atoms with Crippen molar-refractivity contribution in [2.75, 3.05) is 6.54 Å². The van der Waals surface area contributed by atoms with Gasteiger partial charge in [0.1, 0.15) is 23.2 Å². The number of fused-ring (bicyclic) bond motifs is 1. The lowest BCUT2D eigenvalue weighted by Gasteiger charge is -2.13. The molecular weight excluding hydrogens is 384 g/mol. The van der Waals surface area contributed by atoms with Gasteiger partial charge in [-0.05, 0) is 43.2 Å². The van der Waals surface area contributed by atoms with Gasteiger partial charge in [0.25, 0.3) is 5.91 Å². The normalized spacial score (nSPS) is 10.7. The molecule has 3 N–H and O–H groups in total. The number of hydrogen-bond acceptors (Lipinski definition) is 5. The van der Waals surface area contributed by atoms with Crippen LogP contribution >= 0.6 is 11.6 Å². The molecule has 0 aliphatic rings. The van der Waals surface area contributed by atoms with Crippen LogP contribution in [0.25, 0.3) is 10.8 Å². The number of carbonyl (C=O) groups excluding carboxylic acids is 1. The number of aromatic hydroxyl groups is 1. The lowest BCUT2D eigenvalue weighted by atomic mass is 10.1. The molecule has 0 fully saturated rings. The monoisotopic (exact) mass is 400 g/mol. The Balaban J connectivity index is 1.99. The van der Waals surface area contributed by atoms with Gasteiger partial charge in [-0.3, -0.25) is 9.59 Å². The number of nitrogens with one attached hydrogen (secondary N) is 1. The van der Waals surface area contributed by atoms with E-state index in [9.17, 15) is 14.7 Å². The van der Waals surface area contributed by atoms with Gasteiger partial charge in [-0.1, -0.05) is 29.8 Å². The second kappa shape index (κ2) is 7.74. The van der Waals surface area contributed by atoms with Gasteiger partial charge in [0.05, 0.1) is 0 Å². The molecule has 3 aromatic rings. The third kappa shape index (κ3) is 3.84. The number of carboxylic acid groups (broad SMARTS) is 1. The number of aromatic nitrogens is 1. The van der Waals surface area contributed by atoms with E-state index in [0.717, 1.165) is 16.9 Å². The van der Waals surface area contributed by atoms with Crippen LogP contribution in [0.2, 0.25) is 5.15 Å². The molecule has 0 atom stereocenters. The largest absolute Gasteiger partial charge is 0.505 e. The number of aliphatic carboxylic acids is 1. The van der Waals surface area contributed by atoms with E-state index in [0.29, 0.717) is 16.5 Å². The topological polar surface area (TPSA) is 109 Å². The van der Waals surface area contributed by atoms with Crippen molar-refractivity contribution in [1.29, 1.82) is 0 Å². The number of hydrogen-bond donors (Lipinski definition) is 3. The van der Waals surface area contributed by atoms with Gasteiger partial charge >= 0.3 is 5.97 Å². The zero-order valence-electron chi connectivity index (χ0n) is 15.1. The Kier molecular flexibility index (Phi) is 5.37. The van der Waals surface area contributed by atoms with Crippen molar-refractivity contribution >= 4 is 34.2 Å². The number of benzene rings is 2. The summed E-state index contributed by atoms with van der Waals surface area (Å²) in [6.07, 6.45) is 0. The molecular formula is C20H17ClN2O5. The van der Waals surface area contributed by atoms with E-state index in [1.165, 1.54) is 0 Å². The first-order valence-electron chi connectivity index (χ1n) is 8.34. The van der Waals surface area contributed by atoms with E-state index in [4.69, 9.17) is 21.4 Å². The molecule has 1 amide bonds. The highest BCUT2D eigenvalue weighted by Gasteiger charge is 2.19. The van der Waals surface area contributed by atoms with E-state index in [2.05, 4.69) is 10.3 Å². The number of rotatable bonds is 5. The third-order valence-corrected chi connectivity index (χ3v) is 4.43. The van der Waals surface area contributed by atoms with E-state index >= 15 is 0 Å². The van der Waals surface area contributed by atoms with E-state index in [-0.39, 0.29) is 16.6 Å². The molecule has 1 aromatic heterocycles. The molecule has 7 nitrogen and oxygen atoms in total. The maximum atomic E-state index is 12.1. The number of para-hydroxylation sites is 1. The zero-order valence-corrected chi connectivity index (χ0v) is 15.9. The summed E-state index contributed by atoms with van der Waals surface area (Å²) in [5.41, 5.74) is 1.59. The summed E-state index contributed by atoms with van der Waals surface area (Å²) >= 11 is 6.20. The number of aryl methyl sites for hydroxylation is 2. The van der Waals surface area contributed by atoms with Crippen LogP contribution < -0.4 is 10.1 Å². The van der Waals surface area contributed by atoms with Crippen LogP contribution in [0, 0.1) is 13.8 Å². The van der Waals surface area contributed by atoms with Crippen LogP contribution in [0.5, 0.6) is 17.2 Å². The Bertz CT molecular complexity index is 1080. The van der Waals surface area contributed by atoms with Crippen molar-refractivity contribution in [2.24, 2.45) is 0 Å². The summed E-state index contributed by atoms with van der Waals surface area (Å²) in [5.74, 6) is -1.22. The predicted octanol–water partition coefficient (Wildman–Crippen LogP) is 3.82. The number of nitrogens with zero attached hydrogens (tertiary/aromatic N) is 1. The highest BCUT2D eigenvalue weighted by atomic mass is 35.5. The van der Waals surface area contributed by atoms with Gasteiger partial charge in [-0.15, -0.1) is 0 Å². The van der Waals surface area contributed by atoms with Gasteiger partial charge < -0.3 is 20.3 Å². The van der Waals surface area contributed by atoms with E-state index in [1.54, 1.807) is 18.2 Å². The molecule has 0 aliphatic carbocycles. The van der Waals surface area contributed by atoms with Crippen molar-refractivity contribution < 1.29 is 24.5 Å². The van der Waals surface area contributed by atoms with Crippen LogP contribution in [-0.4, -0.2) is 33.6 Å². The summed E-state index contributed by atoms with van der Waals surface area (Å²) in [6.45, 7) is 3.27. The Morgan fingerprint density at radius 1 is 1.14 bits per heavy atom. The standard InChI is InChI=1S/C20H17ClN2O5/c1-10-4-3-5-11(2)18(10)28-12-6-7-13-14(8-12)19(21)23-16(17(13)26)20(27)22-9-15(24)25/h3-8,26H,9H2,1-2H3,(H,22,27)(H,24,25). The van der Waals surface area contributed by atoms with Gasteiger partial charge in [0, 0.05) is 10.8 Å². The Hall–Kier alpha value is -3.32. The number of carbonyl (C=O) groups is 2. The number of pyridine rings is 1. The molecule has 0 bridgehead atoms. The SMILES string of the molecule is Cc1cccc(C)c1Oc1ccc2c(O)c(C(=O)NCC(=O)O)nc(Cl)c2c1. The van der Waals surface area contributed by atoms with Crippen LogP contribution in [0.3, 0.4) is 0 Å². The molecule has 3 rings (SSSR count). The minimum atomic E-state index is -1.21. The fraction of sp³-hybridized carbons (Fsp3) is 0.150. The molecule has 144 valence electrons. The number of halogens is 1. The third-order valence-electron chi connectivity index (χ3n) is 4.15. The first-order valence-corrected chi connectivity index (χ1v) is 8.72. The van der Waals surface area contributed by atoms with Crippen LogP contribution in [0.4, 0.5) is 0 Å². The van der Waals surface area contributed by atoms with E-state index < -0.39 is 18.4 Å². The van der Waals surface area contributed by atoms with Crippen molar-refractivity contribution in [3.05, 3.63) is 58.4 Å². The van der Waals surface area contributed by atoms with Crippen LogP contribution in [0.15, 0.2) is 36.4 Å². The van der Waals surface area contributed by atoms with Gasteiger partial charge in [0.15, 0.2) is 11.4 Å². The lowest BCUT2D eigenvalue weighted by molar-refractivity contribution is -0.135. The van der Waals surface area contributed by atoms with Crippen molar-refractivity contribution in [3.8, 4) is 17.2 Å². The van der Waals surface area contributed by atoms with Gasteiger partial charge in [-0.2, -0.15) is 0 Å². The minimum Gasteiger partial charge on any atom is -0.505 e. The zero-order chi connectivity index (χ0) is 20.4. The Morgan fingerprint density at radius 3 is 2.46 bits per heavy atom. The highest BCUT2D eigenvalue weighted by molar-refractivity contribution is 6.35. The molecule has 0 aliphatic heterocycles. The molecule has 0 saturated heterocycles. The summed E-state index contributed by atoms with van der Waals surface area (Å²) in [6, 6.07) is 10.6. The first kappa shape index (κ1) is 19.4. The maximum absolute atomic E-state index is 12.1. The molecule has 0 spiro atoms. The van der Waals surface area contributed by atoms with Crippen LogP contribution in [-0.2, 0) is 4.79 Å².